The first-order chi connectivity index (χ1) is 15.0. The van der Waals surface area contributed by atoms with E-state index in [1.54, 1.807) is 30.2 Å². The number of anilines is 2. The summed E-state index contributed by atoms with van der Waals surface area (Å²) in [4.78, 5) is 26.6. The van der Waals surface area contributed by atoms with Crippen molar-refractivity contribution in [3.05, 3.63) is 42.5 Å². The fourth-order valence-electron chi connectivity index (χ4n) is 3.51. The van der Waals surface area contributed by atoms with Crippen molar-refractivity contribution in [1.82, 2.24) is 0 Å². The lowest BCUT2D eigenvalue weighted by atomic mass is 10.0. The monoisotopic (exact) mass is 426 g/mol. The highest BCUT2D eigenvalue weighted by molar-refractivity contribution is 5.99. The number of rotatable bonds is 10. The van der Waals surface area contributed by atoms with Crippen LogP contribution in [0.1, 0.15) is 33.1 Å². The fourth-order valence-corrected chi connectivity index (χ4v) is 3.51. The summed E-state index contributed by atoms with van der Waals surface area (Å²) in [6, 6.07) is 12.8. The topological polar surface area (TPSA) is 77.1 Å². The number of amides is 2. The number of ether oxygens (including phenoxy) is 3. The van der Waals surface area contributed by atoms with Crippen molar-refractivity contribution in [2.24, 2.45) is 5.92 Å². The molecule has 2 amide bonds. The van der Waals surface area contributed by atoms with Gasteiger partial charge in [-0.25, -0.2) is 0 Å². The molecule has 2 aromatic carbocycles. The number of benzene rings is 2. The van der Waals surface area contributed by atoms with Gasteiger partial charge in [0.25, 0.3) is 5.91 Å². The lowest BCUT2D eigenvalue weighted by molar-refractivity contribution is -0.121. The first kappa shape index (κ1) is 22.5. The molecule has 2 aromatic rings. The molecule has 7 nitrogen and oxygen atoms in total. The number of hydrogen-bond acceptors (Lipinski definition) is 5. The van der Waals surface area contributed by atoms with Crippen molar-refractivity contribution in [3.63, 3.8) is 0 Å². The Morgan fingerprint density at radius 3 is 2.52 bits per heavy atom. The number of nitrogens with one attached hydrogen (secondary N) is 1. The maximum atomic E-state index is 12.5. The molecule has 31 heavy (non-hydrogen) atoms. The predicted molar refractivity (Wildman–Crippen MR) is 120 cm³/mol. The van der Waals surface area contributed by atoms with E-state index < -0.39 is 0 Å². The summed E-state index contributed by atoms with van der Waals surface area (Å²) in [7, 11) is 1.62. The first-order valence-corrected chi connectivity index (χ1v) is 10.7. The second-order valence-electron chi connectivity index (χ2n) is 7.40. The highest BCUT2D eigenvalue weighted by atomic mass is 16.5. The van der Waals surface area contributed by atoms with Crippen LogP contribution in [-0.4, -0.2) is 38.7 Å². The van der Waals surface area contributed by atoms with E-state index >= 15 is 0 Å². The molecular weight excluding hydrogens is 396 g/mol. The summed E-state index contributed by atoms with van der Waals surface area (Å²) in [5.41, 5.74) is 1.33. The normalized spacial score (nSPS) is 12.9. The summed E-state index contributed by atoms with van der Waals surface area (Å²) in [6.07, 6.45) is 2.23. The third-order valence-corrected chi connectivity index (χ3v) is 5.38. The van der Waals surface area contributed by atoms with Crippen molar-refractivity contribution in [3.8, 4) is 17.2 Å². The van der Waals surface area contributed by atoms with Crippen molar-refractivity contribution < 1.29 is 23.8 Å². The van der Waals surface area contributed by atoms with Gasteiger partial charge >= 0.3 is 0 Å². The van der Waals surface area contributed by atoms with E-state index in [2.05, 4.69) is 5.32 Å². The minimum atomic E-state index is -0.111. The van der Waals surface area contributed by atoms with Gasteiger partial charge in [0.15, 0.2) is 6.61 Å². The Balaban J connectivity index is 1.62. The fraction of sp³-hybridized carbons (Fsp3) is 0.417. The van der Waals surface area contributed by atoms with Crippen LogP contribution in [0.3, 0.4) is 0 Å². The van der Waals surface area contributed by atoms with Crippen LogP contribution in [0.25, 0.3) is 0 Å². The van der Waals surface area contributed by atoms with Crippen molar-refractivity contribution in [1.29, 1.82) is 0 Å². The molecule has 0 bridgehead atoms. The van der Waals surface area contributed by atoms with E-state index in [1.807, 2.05) is 38.1 Å². The zero-order valence-electron chi connectivity index (χ0n) is 18.3. The van der Waals surface area contributed by atoms with Gasteiger partial charge in [-0.3, -0.25) is 9.59 Å². The molecule has 7 heteroatoms. The minimum absolute atomic E-state index is 0.00574. The van der Waals surface area contributed by atoms with Crippen LogP contribution in [0.2, 0.25) is 0 Å². The van der Waals surface area contributed by atoms with Crippen LogP contribution < -0.4 is 24.4 Å². The second-order valence-corrected chi connectivity index (χ2v) is 7.40. The molecule has 1 aliphatic rings. The van der Waals surface area contributed by atoms with Crippen LogP contribution in [0.5, 0.6) is 17.2 Å². The number of carbonyl (C=O) groups is 2. The predicted octanol–water partition coefficient (Wildman–Crippen LogP) is 4.26. The Labute approximate surface area is 183 Å². The Morgan fingerprint density at radius 1 is 1.13 bits per heavy atom. The van der Waals surface area contributed by atoms with Gasteiger partial charge in [-0.2, -0.15) is 0 Å². The van der Waals surface area contributed by atoms with E-state index in [0.29, 0.717) is 36.7 Å². The highest BCUT2D eigenvalue weighted by Crippen LogP contribution is 2.35. The second kappa shape index (κ2) is 10.7. The first-order valence-electron chi connectivity index (χ1n) is 10.7. The van der Waals surface area contributed by atoms with Gasteiger partial charge < -0.3 is 24.4 Å². The summed E-state index contributed by atoms with van der Waals surface area (Å²) in [5.74, 6) is 2.01. The van der Waals surface area contributed by atoms with E-state index in [-0.39, 0.29) is 24.3 Å². The zero-order valence-corrected chi connectivity index (χ0v) is 18.3. The van der Waals surface area contributed by atoms with Crippen molar-refractivity contribution in [2.75, 3.05) is 37.1 Å². The molecule has 0 atom stereocenters. The molecule has 0 radical (unpaired) electrons. The molecule has 0 saturated carbocycles. The molecule has 0 aromatic heterocycles. The average Bonchev–Trinajstić information content (AvgIpc) is 2.79. The largest absolute Gasteiger partial charge is 0.497 e. The lowest BCUT2D eigenvalue weighted by Crippen LogP contribution is -2.40. The van der Waals surface area contributed by atoms with Gasteiger partial charge in [-0.15, -0.1) is 0 Å². The highest BCUT2D eigenvalue weighted by Gasteiger charge is 2.26. The van der Waals surface area contributed by atoms with E-state index in [0.717, 1.165) is 24.3 Å². The maximum Gasteiger partial charge on any atom is 0.265 e. The van der Waals surface area contributed by atoms with Gasteiger partial charge in [0.05, 0.1) is 19.4 Å². The number of fused-ring (bicyclic) bond motifs is 1. The number of carbonyl (C=O) groups excluding carboxylic acids is 2. The van der Waals surface area contributed by atoms with Gasteiger partial charge in [0.2, 0.25) is 5.91 Å². The molecule has 3 rings (SSSR count). The Kier molecular flexibility index (Phi) is 7.76. The third kappa shape index (κ3) is 5.69. The maximum absolute atomic E-state index is 12.5. The molecule has 1 heterocycles. The van der Waals surface area contributed by atoms with Crippen LogP contribution in [0.4, 0.5) is 11.4 Å². The molecule has 0 aliphatic carbocycles. The summed E-state index contributed by atoms with van der Waals surface area (Å²) < 4.78 is 16.5. The Bertz CT molecular complexity index is 893. The molecule has 1 N–H and O–H groups in total. The number of hydrogen-bond donors (Lipinski definition) is 1. The lowest BCUT2D eigenvalue weighted by Gasteiger charge is -2.30. The van der Waals surface area contributed by atoms with Gasteiger partial charge in [-0.05, 0) is 61.7 Å². The van der Waals surface area contributed by atoms with Gasteiger partial charge in [0, 0.05) is 18.2 Å². The number of nitrogens with zero attached hydrogens (tertiary/aromatic N) is 1. The van der Waals surface area contributed by atoms with E-state index in [1.165, 1.54) is 0 Å². The standard InChI is InChI=1S/C24H30N2O5/c1-4-17(5-2)24(28)25-18-7-12-22-21(15-18)26(23(27)16-31-22)13-6-14-30-20-10-8-19(29-3)9-11-20/h7-12,15,17H,4-6,13-14,16H2,1-3H3,(H,25,28). The third-order valence-electron chi connectivity index (χ3n) is 5.38. The van der Waals surface area contributed by atoms with Gasteiger partial charge in [0.1, 0.15) is 17.2 Å². The Morgan fingerprint density at radius 2 is 1.84 bits per heavy atom. The number of methoxy groups -OCH3 is 1. The summed E-state index contributed by atoms with van der Waals surface area (Å²) in [6.45, 7) is 4.98. The summed E-state index contributed by atoms with van der Waals surface area (Å²) >= 11 is 0. The van der Waals surface area contributed by atoms with Crippen LogP contribution >= 0.6 is 0 Å². The summed E-state index contributed by atoms with van der Waals surface area (Å²) in [5, 5.41) is 2.96. The molecule has 0 spiro atoms. The molecular formula is C24H30N2O5. The zero-order chi connectivity index (χ0) is 22.2. The van der Waals surface area contributed by atoms with Crippen molar-refractivity contribution >= 4 is 23.2 Å². The van der Waals surface area contributed by atoms with Crippen molar-refractivity contribution in [2.45, 2.75) is 33.1 Å². The Hall–Kier alpha value is -3.22. The minimum Gasteiger partial charge on any atom is -0.497 e. The average molecular weight is 427 g/mol. The van der Waals surface area contributed by atoms with Crippen LogP contribution in [-0.2, 0) is 9.59 Å². The molecule has 0 saturated heterocycles. The van der Waals surface area contributed by atoms with E-state index in [4.69, 9.17) is 14.2 Å². The smallest absolute Gasteiger partial charge is 0.265 e. The van der Waals surface area contributed by atoms with Crippen LogP contribution in [0, 0.1) is 5.92 Å². The quantitative estimate of drug-likeness (QED) is 0.574. The molecule has 0 unspecified atom stereocenters. The molecule has 166 valence electrons. The molecule has 0 fully saturated rings. The van der Waals surface area contributed by atoms with E-state index in [9.17, 15) is 9.59 Å². The molecule has 1 aliphatic heterocycles. The SMILES string of the molecule is CCC(CC)C(=O)Nc1ccc2c(c1)N(CCCOc1ccc(OC)cc1)C(=O)CO2. The van der Waals surface area contributed by atoms with Crippen LogP contribution in [0.15, 0.2) is 42.5 Å². The van der Waals surface area contributed by atoms with Gasteiger partial charge in [-0.1, -0.05) is 13.8 Å².